The Morgan fingerprint density at radius 3 is 3.05 bits per heavy atom. The highest BCUT2D eigenvalue weighted by molar-refractivity contribution is 7.99. The number of thioether (sulfide) groups is 1. The van der Waals surface area contributed by atoms with Gasteiger partial charge in [-0.05, 0) is 24.3 Å². The van der Waals surface area contributed by atoms with Crippen molar-refractivity contribution in [3.05, 3.63) is 36.2 Å². The van der Waals surface area contributed by atoms with E-state index in [1.807, 2.05) is 24.4 Å². The maximum Gasteiger partial charge on any atom is 0.102 e. The molecule has 1 heterocycles. The first-order valence-electron chi connectivity index (χ1n) is 6.59. The Labute approximate surface area is 123 Å². The molecule has 0 unspecified atom stereocenters. The number of anilines is 1. The number of benzene rings is 1. The molecule has 0 spiro atoms. The van der Waals surface area contributed by atoms with Gasteiger partial charge in [-0.2, -0.15) is 5.26 Å². The van der Waals surface area contributed by atoms with Gasteiger partial charge in [0.25, 0.3) is 0 Å². The van der Waals surface area contributed by atoms with E-state index in [-0.39, 0.29) is 0 Å². The van der Waals surface area contributed by atoms with Gasteiger partial charge >= 0.3 is 0 Å². The lowest BCUT2D eigenvalue weighted by Crippen LogP contribution is -2.08. The maximum absolute atomic E-state index is 9.31. The fraction of sp³-hybridized carbons (Fsp3) is 0.357. The Morgan fingerprint density at radius 2 is 2.35 bits per heavy atom. The maximum atomic E-state index is 9.31. The van der Waals surface area contributed by atoms with Crippen LogP contribution in [0.25, 0.3) is 0 Å². The average molecular weight is 287 g/mol. The third-order valence-corrected chi connectivity index (χ3v) is 3.73. The van der Waals surface area contributed by atoms with Crippen molar-refractivity contribution < 1.29 is 0 Å². The van der Waals surface area contributed by atoms with Gasteiger partial charge in [0.15, 0.2) is 0 Å². The second-order valence-corrected chi connectivity index (χ2v) is 5.48. The second kappa shape index (κ2) is 7.56. The van der Waals surface area contributed by atoms with E-state index in [0.717, 1.165) is 41.4 Å². The molecule has 1 N–H and O–H groups in total. The van der Waals surface area contributed by atoms with E-state index < -0.39 is 0 Å². The van der Waals surface area contributed by atoms with E-state index >= 15 is 0 Å². The molecule has 2 aromatic rings. The van der Waals surface area contributed by atoms with Crippen LogP contribution in [0.15, 0.2) is 35.5 Å². The molecule has 5 nitrogen and oxygen atoms in total. The van der Waals surface area contributed by atoms with E-state index in [1.165, 1.54) is 0 Å². The van der Waals surface area contributed by atoms with Gasteiger partial charge < -0.3 is 5.32 Å². The standard InChI is InChI=1S/C14H17N5S/c1-2-20-14-6-3-5-13(12(14)11-15)16-7-4-9-19-10-8-17-18-19/h3,5-6,8,10,16H,2,4,7,9H2,1H3. The quantitative estimate of drug-likeness (QED) is 0.626. The minimum absolute atomic E-state index is 0.736. The van der Waals surface area contributed by atoms with Crippen LogP contribution in [0.2, 0.25) is 0 Å². The van der Waals surface area contributed by atoms with Crippen LogP contribution >= 0.6 is 11.8 Å². The van der Waals surface area contributed by atoms with Crippen LogP contribution in [0.4, 0.5) is 5.69 Å². The van der Waals surface area contributed by atoms with Crippen molar-refractivity contribution in [3.8, 4) is 6.07 Å². The molecule has 0 bridgehead atoms. The normalized spacial score (nSPS) is 10.2. The molecule has 0 radical (unpaired) electrons. The zero-order valence-electron chi connectivity index (χ0n) is 11.4. The zero-order valence-corrected chi connectivity index (χ0v) is 12.2. The first-order chi connectivity index (χ1) is 9.85. The SMILES string of the molecule is CCSc1cccc(NCCCn2ccnn2)c1C#N. The highest BCUT2D eigenvalue weighted by Crippen LogP contribution is 2.27. The lowest BCUT2D eigenvalue weighted by atomic mass is 10.2. The van der Waals surface area contributed by atoms with Crippen LogP contribution in [0, 0.1) is 11.3 Å². The molecule has 104 valence electrons. The Morgan fingerprint density at radius 1 is 1.45 bits per heavy atom. The molecule has 0 saturated heterocycles. The van der Waals surface area contributed by atoms with Crippen LogP contribution in [-0.4, -0.2) is 27.3 Å². The molecule has 0 aliphatic rings. The average Bonchev–Trinajstić information content (AvgIpc) is 2.97. The third kappa shape index (κ3) is 3.75. The fourth-order valence-corrected chi connectivity index (χ4v) is 2.67. The van der Waals surface area contributed by atoms with Gasteiger partial charge in [0, 0.05) is 24.2 Å². The minimum atomic E-state index is 0.736. The molecular formula is C14H17N5S. The number of nitrogens with zero attached hydrogens (tertiary/aromatic N) is 4. The minimum Gasteiger partial charge on any atom is -0.384 e. The Balaban J connectivity index is 1.92. The largest absolute Gasteiger partial charge is 0.384 e. The molecule has 0 fully saturated rings. The van der Waals surface area contributed by atoms with Crippen LogP contribution < -0.4 is 5.32 Å². The molecule has 0 amide bonds. The van der Waals surface area contributed by atoms with E-state index in [9.17, 15) is 5.26 Å². The van der Waals surface area contributed by atoms with Crippen molar-refractivity contribution >= 4 is 17.4 Å². The van der Waals surface area contributed by atoms with Gasteiger partial charge in [0.2, 0.25) is 0 Å². The van der Waals surface area contributed by atoms with Crippen molar-refractivity contribution in [2.24, 2.45) is 0 Å². The summed E-state index contributed by atoms with van der Waals surface area (Å²) in [6, 6.07) is 8.22. The van der Waals surface area contributed by atoms with Gasteiger partial charge in [-0.1, -0.05) is 18.2 Å². The van der Waals surface area contributed by atoms with Gasteiger partial charge in [-0.3, -0.25) is 4.68 Å². The topological polar surface area (TPSA) is 66.5 Å². The summed E-state index contributed by atoms with van der Waals surface area (Å²) >= 11 is 1.69. The molecule has 0 aliphatic heterocycles. The number of rotatable bonds is 7. The molecular weight excluding hydrogens is 270 g/mol. The summed E-state index contributed by atoms with van der Waals surface area (Å²) in [5.41, 5.74) is 1.64. The number of nitrogens with one attached hydrogen (secondary N) is 1. The molecule has 20 heavy (non-hydrogen) atoms. The first-order valence-corrected chi connectivity index (χ1v) is 7.57. The van der Waals surface area contributed by atoms with Crippen LogP contribution in [0.3, 0.4) is 0 Å². The van der Waals surface area contributed by atoms with Crippen LogP contribution in [0.5, 0.6) is 0 Å². The third-order valence-electron chi connectivity index (χ3n) is 2.79. The van der Waals surface area contributed by atoms with Gasteiger partial charge in [0.1, 0.15) is 6.07 Å². The molecule has 0 aliphatic carbocycles. The fourth-order valence-electron chi connectivity index (χ4n) is 1.89. The second-order valence-electron chi connectivity index (χ2n) is 4.17. The van der Waals surface area contributed by atoms with Crippen LogP contribution in [0.1, 0.15) is 18.9 Å². The lowest BCUT2D eigenvalue weighted by Gasteiger charge is -2.11. The van der Waals surface area contributed by atoms with Crippen molar-refractivity contribution in [1.82, 2.24) is 15.0 Å². The van der Waals surface area contributed by atoms with Crippen molar-refractivity contribution in [1.29, 1.82) is 5.26 Å². The summed E-state index contributed by atoms with van der Waals surface area (Å²) in [4.78, 5) is 1.04. The van der Waals surface area contributed by atoms with E-state index in [4.69, 9.17) is 0 Å². The van der Waals surface area contributed by atoms with Gasteiger partial charge in [0.05, 0.1) is 17.4 Å². The van der Waals surface area contributed by atoms with E-state index in [2.05, 4.69) is 28.6 Å². The summed E-state index contributed by atoms with van der Waals surface area (Å²) in [6.45, 7) is 3.71. The summed E-state index contributed by atoms with van der Waals surface area (Å²) in [5.74, 6) is 0.963. The highest BCUT2D eigenvalue weighted by atomic mass is 32.2. The molecule has 2 rings (SSSR count). The number of aryl methyl sites for hydroxylation is 1. The molecule has 0 saturated carbocycles. The van der Waals surface area contributed by atoms with Crippen LogP contribution in [-0.2, 0) is 6.54 Å². The van der Waals surface area contributed by atoms with E-state index in [0.29, 0.717) is 0 Å². The number of hydrogen-bond acceptors (Lipinski definition) is 5. The Kier molecular flexibility index (Phi) is 5.44. The summed E-state index contributed by atoms with van der Waals surface area (Å²) < 4.78 is 1.80. The smallest absolute Gasteiger partial charge is 0.102 e. The molecule has 0 atom stereocenters. The van der Waals surface area contributed by atoms with Crippen molar-refractivity contribution in [2.45, 2.75) is 24.8 Å². The highest BCUT2D eigenvalue weighted by Gasteiger charge is 2.07. The molecule has 1 aromatic heterocycles. The predicted octanol–water partition coefficient (Wildman–Crippen LogP) is 2.76. The van der Waals surface area contributed by atoms with Crippen molar-refractivity contribution in [3.63, 3.8) is 0 Å². The number of aromatic nitrogens is 3. The van der Waals surface area contributed by atoms with E-state index in [1.54, 1.807) is 22.6 Å². The summed E-state index contributed by atoms with van der Waals surface area (Å²) in [7, 11) is 0. The number of hydrogen-bond donors (Lipinski definition) is 1. The lowest BCUT2D eigenvalue weighted by molar-refractivity contribution is 0.570. The summed E-state index contributed by atoms with van der Waals surface area (Å²) in [6.07, 6.45) is 4.45. The number of nitriles is 1. The molecule has 6 heteroatoms. The predicted molar refractivity (Wildman–Crippen MR) is 80.7 cm³/mol. The Bertz CT molecular complexity index is 574. The Hall–Kier alpha value is -2.00. The van der Waals surface area contributed by atoms with Crippen molar-refractivity contribution in [2.75, 3.05) is 17.6 Å². The first kappa shape index (κ1) is 14.4. The monoisotopic (exact) mass is 287 g/mol. The summed E-state index contributed by atoms with van der Waals surface area (Å²) in [5, 5.41) is 20.3. The zero-order chi connectivity index (χ0) is 14.2. The van der Waals surface area contributed by atoms with Gasteiger partial charge in [-0.15, -0.1) is 16.9 Å². The van der Waals surface area contributed by atoms with Gasteiger partial charge in [-0.25, -0.2) is 0 Å². The molecule has 1 aromatic carbocycles.